The van der Waals surface area contributed by atoms with Crippen molar-refractivity contribution in [3.63, 3.8) is 0 Å². The van der Waals surface area contributed by atoms with E-state index < -0.39 is 0 Å². The molecule has 3 heteroatoms. The number of hydrogen-bond acceptors (Lipinski definition) is 3. The van der Waals surface area contributed by atoms with Crippen molar-refractivity contribution in [1.82, 2.24) is 0 Å². The molecule has 0 spiro atoms. The van der Waals surface area contributed by atoms with Gasteiger partial charge in [0, 0.05) is 41.7 Å². The molecule has 0 amide bonds. The van der Waals surface area contributed by atoms with Crippen LogP contribution in [0.3, 0.4) is 0 Å². The molecule has 30 rings (SSSR count). The van der Waals surface area contributed by atoms with Gasteiger partial charge in [0.05, 0.1) is 0 Å². The minimum Gasteiger partial charge on any atom is -0.456 e. The number of rotatable bonds is 15. The van der Waals surface area contributed by atoms with Crippen molar-refractivity contribution in [1.29, 1.82) is 0 Å². The van der Waals surface area contributed by atoms with Crippen molar-refractivity contribution < 1.29 is 8.83 Å². The minimum atomic E-state index is 0.862. The predicted octanol–water partition coefficient (Wildman–Crippen LogP) is 42.1. The van der Waals surface area contributed by atoms with Gasteiger partial charge in [0.2, 0.25) is 0 Å². The summed E-state index contributed by atoms with van der Waals surface area (Å²) in [6, 6.07) is 199. The zero-order chi connectivity index (χ0) is 97.8. The Morgan fingerprint density at radius 1 is 0.114 bits per heavy atom. The Hall–Kier alpha value is -19.2. The lowest BCUT2D eigenvalue weighted by Crippen LogP contribution is -1.95. The number of para-hydroxylation sites is 2. The lowest BCUT2D eigenvalue weighted by Gasteiger charge is -2.22. The molecule has 0 atom stereocenters. The maximum atomic E-state index is 6.68. The normalized spacial score (nSPS) is 11.9. The largest absolute Gasteiger partial charge is 0.456 e. The molecular formula is C146H88O2S. The van der Waals surface area contributed by atoms with E-state index in [1.165, 1.54) is 163 Å². The number of furan rings is 2. The first-order valence-electron chi connectivity index (χ1n) is 51.4. The van der Waals surface area contributed by atoms with Crippen molar-refractivity contribution in [2.24, 2.45) is 0 Å². The predicted molar refractivity (Wildman–Crippen MR) is 635 cm³/mol. The summed E-state index contributed by atoms with van der Waals surface area (Å²) in [6.45, 7) is 0. The molecule has 690 valence electrons. The van der Waals surface area contributed by atoms with E-state index in [2.05, 4.69) is 534 Å². The number of hydrogen-bond donors (Lipinski definition) is 0. The monoisotopic (exact) mass is 1900 g/mol. The Bertz CT molecular complexity index is 10800. The van der Waals surface area contributed by atoms with Crippen LogP contribution in [-0.2, 0) is 0 Å². The van der Waals surface area contributed by atoms with E-state index in [-0.39, 0.29) is 0 Å². The van der Waals surface area contributed by atoms with Gasteiger partial charge < -0.3 is 8.83 Å². The van der Waals surface area contributed by atoms with Crippen LogP contribution in [0.4, 0.5) is 0 Å². The molecule has 3 aromatic heterocycles. The second-order valence-corrected chi connectivity index (χ2v) is 40.7. The molecule has 0 N–H and O–H groups in total. The third kappa shape index (κ3) is 14.1. The molecule has 0 saturated heterocycles. The number of fused-ring (bicyclic) bond motifs is 17. The van der Waals surface area contributed by atoms with E-state index >= 15 is 0 Å². The van der Waals surface area contributed by atoms with Crippen molar-refractivity contribution in [3.05, 3.63) is 534 Å². The van der Waals surface area contributed by atoms with Gasteiger partial charge in [0.1, 0.15) is 22.3 Å². The van der Waals surface area contributed by atoms with Crippen molar-refractivity contribution in [2.45, 2.75) is 0 Å². The average Bonchev–Trinajstić information content (AvgIpc) is 1.25. The molecule has 0 aliphatic heterocycles. The quantitative estimate of drug-likeness (QED) is 0.0956. The summed E-state index contributed by atoms with van der Waals surface area (Å²) in [7, 11) is 0. The zero-order valence-electron chi connectivity index (χ0n) is 81.0. The summed E-state index contributed by atoms with van der Waals surface area (Å²) in [5, 5.41) is 26.1. The van der Waals surface area contributed by atoms with Crippen LogP contribution >= 0.6 is 11.3 Å². The maximum absolute atomic E-state index is 6.68. The Labute approximate surface area is 864 Å². The summed E-state index contributed by atoms with van der Waals surface area (Å²) < 4.78 is 15.8. The fourth-order valence-electron chi connectivity index (χ4n) is 24.8. The van der Waals surface area contributed by atoms with Crippen LogP contribution in [0.5, 0.6) is 0 Å². The van der Waals surface area contributed by atoms with Gasteiger partial charge in [-0.15, -0.1) is 11.3 Å². The average molecular weight is 1910 g/mol. The third-order valence-corrected chi connectivity index (χ3v) is 32.6. The highest BCUT2D eigenvalue weighted by atomic mass is 32.1. The summed E-state index contributed by atoms with van der Waals surface area (Å²) >= 11 is 1.87. The van der Waals surface area contributed by atoms with Crippen molar-refractivity contribution in [3.8, 4) is 167 Å². The van der Waals surface area contributed by atoms with Crippen LogP contribution < -0.4 is 0 Å². The molecule has 0 fully saturated rings. The van der Waals surface area contributed by atoms with Gasteiger partial charge in [0.15, 0.2) is 0 Å². The Balaban J connectivity index is 0.551. The first-order chi connectivity index (χ1) is 73.9. The maximum Gasteiger partial charge on any atom is 0.136 e. The van der Waals surface area contributed by atoms with E-state index in [0.717, 1.165) is 155 Å². The lowest BCUT2D eigenvalue weighted by molar-refractivity contribution is 0.668. The minimum absolute atomic E-state index is 0.862. The Morgan fingerprint density at radius 2 is 0.396 bits per heavy atom. The Morgan fingerprint density at radius 3 is 0.906 bits per heavy atom. The highest BCUT2D eigenvalue weighted by molar-refractivity contribution is 7.26. The van der Waals surface area contributed by atoms with Gasteiger partial charge in [-0.3, -0.25) is 0 Å². The highest BCUT2D eigenvalue weighted by Crippen LogP contribution is 2.56. The third-order valence-electron chi connectivity index (χ3n) is 31.4. The van der Waals surface area contributed by atoms with Gasteiger partial charge in [-0.25, -0.2) is 0 Å². The first-order valence-corrected chi connectivity index (χ1v) is 52.2. The lowest BCUT2D eigenvalue weighted by atomic mass is 9.81. The zero-order valence-corrected chi connectivity index (χ0v) is 81.8. The molecule has 0 bridgehead atoms. The fourth-order valence-corrected chi connectivity index (χ4v) is 26.0. The van der Waals surface area contributed by atoms with E-state index in [0.29, 0.717) is 0 Å². The standard InChI is InChI=1S/C146H88O2S/c1-3-32-89(33-4-1)92-38-25-46-104(82-92)139-115-52-12-11-51-114(115)138(122-75-71-100(86-129(122)139)108-60-29-66-134-144(108)125-57-17-20-64-132(125)147-134)103-45-26-43-97(83-103)95-41-23-39-93(80-95)94-40-24-42-96(81-94)98-44-27-47-105(84-98)140-116-53-13-14-54-117(116)142(123-76-72-101(87-130(123)140)109-61-30-67-135-145(109)126-58-18-21-65-133(126)148-135)121-74-70-99(85-128(121)91-34-5-2-6-35-91)107-78-79-120(112-50-10-9-49-111(107)112)143-119-56-16-15-55-118(119)141(113-63-28-37-90-36-7-8-48-106(90)113)124-77-73-102(88-131(124)143)110-62-31-69-137-146(110)127-59-19-22-68-136(127)149-137/h1-88H. The van der Waals surface area contributed by atoms with E-state index in [1.54, 1.807) is 0 Å². The van der Waals surface area contributed by atoms with Crippen LogP contribution in [0.1, 0.15) is 0 Å². The Kier molecular flexibility index (Phi) is 20.0. The van der Waals surface area contributed by atoms with E-state index in [9.17, 15) is 0 Å². The summed E-state index contributed by atoms with van der Waals surface area (Å²) in [5.74, 6) is 0. The molecular weight excluding hydrogens is 1820 g/mol. The van der Waals surface area contributed by atoms with Gasteiger partial charge in [0.25, 0.3) is 0 Å². The SMILES string of the molecule is c1ccc(-c2cccc(-c3c4ccccc4c(-c4cccc(-c5cccc(-c6cccc(-c7cccc(-c8c9ccccc9c(-c9ccc(-c%10ccc(-c%11c%12ccccc%12c(-c%12cccc%13ccccc%12%13)c%12ccc(-c%13cccc%14sc%15ccccc%15c%13%14)cc%11%12)c%11ccccc%10%11)cc9-c9ccccc9)c9ccc(-c%10cccc%11oc%12ccccc%12c%10%11)cc89)c7)c6)c5)c4)c4ccc(-c5cccc6oc7ccccc7c56)cc34)c2)cc1. The van der Waals surface area contributed by atoms with Gasteiger partial charge in [-0.2, -0.15) is 0 Å². The van der Waals surface area contributed by atoms with Crippen LogP contribution in [0, 0.1) is 0 Å². The number of benzene rings is 27. The molecule has 0 aliphatic rings. The van der Waals surface area contributed by atoms with Crippen molar-refractivity contribution >= 4 is 162 Å². The van der Waals surface area contributed by atoms with Gasteiger partial charge in [-0.1, -0.05) is 443 Å². The van der Waals surface area contributed by atoms with E-state index in [4.69, 9.17) is 8.83 Å². The van der Waals surface area contributed by atoms with Crippen LogP contribution in [0.25, 0.3) is 317 Å². The first kappa shape index (κ1) is 85.4. The highest BCUT2D eigenvalue weighted by Gasteiger charge is 2.29. The van der Waals surface area contributed by atoms with Crippen molar-refractivity contribution in [2.75, 3.05) is 0 Å². The molecule has 3 heterocycles. The summed E-state index contributed by atoms with van der Waals surface area (Å²) in [6.07, 6.45) is 0. The fraction of sp³-hybridized carbons (Fsp3) is 0. The summed E-state index contributed by atoms with van der Waals surface area (Å²) in [4.78, 5) is 0. The molecule has 0 unspecified atom stereocenters. The summed E-state index contributed by atoms with van der Waals surface area (Å²) in [5.41, 5.74) is 38.4. The molecule has 27 aromatic carbocycles. The molecule has 2 nitrogen and oxygen atoms in total. The second-order valence-electron chi connectivity index (χ2n) is 39.6. The molecule has 30 aromatic rings. The van der Waals surface area contributed by atoms with Crippen LogP contribution in [0.15, 0.2) is 543 Å². The van der Waals surface area contributed by atoms with E-state index in [1.807, 2.05) is 11.3 Å². The smallest absolute Gasteiger partial charge is 0.136 e. The van der Waals surface area contributed by atoms with Gasteiger partial charge >= 0.3 is 0 Å². The second kappa shape index (κ2) is 34.8. The van der Waals surface area contributed by atoms with Crippen LogP contribution in [0.2, 0.25) is 0 Å². The molecule has 0 aliphatic carbocycles. The topological polar surface area (TPSA) is 26.3 Å². The van der Waals surface area contributed by atoms with Crippen LogP contribution in [-0.4, -0.2) is 0 Å². The molecule has 149 heavy (non-hydrogen) atoms. The number of thiophene rings is 1. The molecule has 0 saturated carbocycles. The van der Waals surface area contributed by atoms with Gasteiger partial charge in [-0.05, 0) is 344 Å². The molecule has 0 radical (unpaired) electrons.